The third kappa shape index (κ3) is 5.04. The molecule has 1 nitrogen and oxygen atoms in total. The molecule has 5 heteroatoms. The molecule has 1 aromatic carbocycles. The molecule has 1 aromatic rings. The van der Waals surface area contributed by atoms with Crippen LogP contribution in [0.2, 0.25) is 0 Å². The third-order valence-corrected chi connectivity index (χ3v) is 2.75. The summed E-state index contributed by atoms with van der Waals surface area (Å²) in [5.74, 6) is -0.419. The molecule has 0 saturated carbocycles. The van der Waals surface area contributed by atoms with Crippen LogP contribution in [0.4, 0.5) is 17.6 Å². The molecule has 1 unspecified atom stereocenters. The summed E-state index contributed by atoms with van der Waals surface area (Å²) in [7, 11) is 0. The van der Waals surface area contributed by atoms with Gasteiger partial charge in [0, 0.05) is 6.04 Å². The summed E-state index contributed by atoms with van der Waals surface area (Å²) in [6, 6.07) is 3.48. The normalized spacial score (nSPS) is 13.7. The number of rotatable bonds is 5. The number of hydrogen-bond donors (Lipinski definition) is 1. The highest BCUT2D eigenvalue weighted by Crippen LogP contribution is 2.24. The first-order chi connectivity index (χ1) is 8.31. The van der Waals surface area contributed by atoms with E-state index in [1.807, 2.05) is 0 Å². The molecule has 0 heterocycles. The molecule has 0 bridgehead atoms. The number of likely N-dealkylation sites (N-methyl/N-ethyl adjacent to an activating group) is 1. The van der Waals surface area contributed by atoms with Crippen LogP contribution >= 0.6 is 0 Å². The SMILES string of the molecule is CCNC(Cc1cc(F)ccc1C)CC(F)(F)F. The van der Waals surface area contributed by atoms with Crippen LogP contribution in [-0.4, -0.2) is 18.8 Å². The van der Waals surface area contributed by atoms with E-state index in [4.69, 9.17) is 0 Å². The number of halogens is 4. The molecule has 0 aliphatic heterocycles. The van der Waals surface area contributed by atoms with E-state index in [0.29, 0.717) is 12.1 Å². The summed E-state index contributed by atoms with van der Waals surface area (Å²) in [4.78, 5) is 0. The topological polar surface area (TPSA) is 12.0 Å². The largest absolute Gasteiger partial charge is 0.390 e. The Morgan fingerprint density at radius 1 is 1.28 bits per heavy atom. The lowest BCUT2D eigenvalue weighted by molar-refractivity contribution is -0.139. The lowest BCUT2D eigenvalue weighted by atomic mass is 9.99. The molecule has 0 aromatic heterocycles. The van der Waals surface area contributed by atoms with Gasteiger partial charge in [-0.1, -0.05) is 13.0 Å². The summed E-state index contributed by atoms with van der Waals surface area (Å²) >= 11 is 0. The lowest BCUT2D eigenvalue weighted by Crippen LogP contribution is -2.35. The van der Waals surface area contributed by atoms with Crippen molar-refractivity contribution in [1.82, 2.24) is 5.32 Å². The number of hydrogen-bond acceptors (Lipinski definition) is 1. The van der Waals surface area contributed by atoms with E-state index in [9.17, 15) is 17.6 Å². The quantitative estimate of drug-likeness (QED) is 0.800. The van der Waals surface area contributed by atoms with Crippen LogP contribution in [-0.2, 0) is 6.42 Å². The monoisotopic (exact) mass is 263 g/mol. The Morgan fingerprint density at radius 2 is 1.94 bits per heavy atom. The average molecular weight is 263 g/mol. The number of aryl methyl sites for hydroxylation is 1. The van der Waals surface area contributed by atoms with Gasteiger partial charge in [-0.2, -0.15) is 13.2 Å². The van der Waals surface area contributed by atoms with Crippen molar-refractivity contribution in [2.45, 2.75) is 38.9 Å². The number of alkyl halides is 3. The summed E-state index contributed by atoms with van der Waals surface area (Å²) < 4.78 is 50.3. The molecule has 102 valence electrons. The zero-order valence-corrected chi connectivity index (χ0v) is 10.4. The van der Waals surface area contributed by atoms with Crippen molar-refractivity contribution < 1.29 is 17.6 Å². The van der Waals surface area contributed by atoms with Crippen molar-refractivity contribution in [2.24, 2.45) is 0 Å². The second-order valence-electron chi connectivity index (χ2n) is 4.35. The first-order valence-corrected chi connectivity index (χ1v) is 5.87. The highest BCUT2D eigenvalue weighted by molar-refractivity contribution is 5.27. The van der Waals surface area contributed by atoms with Gasteiger partial charge in [-0.05, 0) is 43.1 Å². The van der Waals surface area contributed by atoms with E-state index in [1.54, 1.807) is 19.9 Å². The van der Waals surface area contributed by atoms with E-state index in [0.717, 1.165) is 5.56 Å². The van der Waals surface area contributed by atoms with Gasteiger partial charge in [0.05, 0.1) is 6.42 Å². The van der Waals surface area contributed by atoms with Crippen molar-refractivity contribution in [1.29, 1.82) is 0 Å². The minimum Gasteiger partial charge on any atom is -0.314 e. The fraction of sp³-hybridized carbons (Fsp3) is 0.538. The van der Waals surface area contributed by atoms with E-state index in [1.165, 1.54) is 12.1 Å². The van der Waals surface area contributed by atoms with Gasteiger partial charge >= 0.3 is 6.18 Å². The van der Waals surface area contributed by atoms with Crippen LogP contribution in [0.5, 0.6) is 0 Å². The third-order valence-electron chi connectivity index (χ3n) is 2.75. The van der Waals surface area contributed by atoms with Crippen LogP contribution in [0.15, 0.2) is 18.2 Å². The van der Waals surface area contributed by atoms with E-state index in [2.05, 4.69) is 5.32 Å². The van der Waals surface area contributed by atoms with Crippen LogP contribution < -0.4 is 5.32 Å². The van der Waals surface area contributed by atoms with Crippen molar-refractivity contribution in [3.05, 3.63) is 35.1 Å². The molecule has 0 fully saturated rings. The van der Waals surface area contributed by atoms with Crippen LogP contribution in [0.25, 0.3) is 0 Å². The van der Waals surface area contributed by atoms with Gasteiger partial charge < -0.3 is 5.32 Å². The molecule has 1 atom stereocenters. The molecule has 0 aliphatic rings. The Labute approximate surface area is 104 Å². The molecule has 0 aliphatic carbocycles. The molecule has 0 spiro atoms. The fourth-order valence-corrected chi connectivity index (χ4v) is 1.91. The maximum atomic E-state index is 13.1. The Morgan fingerprint density at radius 3 is 2.50 bits per heavy atom. The number of nitrogens with one attached hydrogen (secondary N) is 1. The average Bonchev–Trinajstić information content (AvgIpc) is 2.21. The molecule has 18 heavy (non-hydrogen) atoms. The van der Waals surface area contributed by atoms with Gasteiger partial charge in [0.1, 0.15) is 5.82 Å². The zero-order valence-electron chi connectivity index (χ0n) is 10.4. The summed E-state index contributed by atoms with van der Waals surface area (Å²) in [5.41, 5.74) is 1.42. The van der Waals surface area contributed by atoms with Crippen molar-refractivity contribution in [2.75, 3.05) is 6.54 Å². The Kier molecular flexibility index (Phi) is 5.14. The molecule has 0 radical (unpaired) electrons. The Hall–Kier alpha value is -1.10. The second kappa shape index (κ2) is 6.18. The van der Waals surface area contributed by atoms with Gasteiger partial charge in [-0.25, -0.2) is 4.39 Å². The smallest absolute Gasteiger partial charge is 0.314 e. The predicted molar refractivity (Wildman–Crippen MR) is 63.0 cm³/mol. The summed E-state index contributed by atoms with van der Waals surface area (Å²) in [6.45, 7) is 3.97. The maximum Gasteiger partial charge on any atom is 0.390 e. The molecule has 0 amide bonds. The summed E-state index contributed by atoms with van der Waals surface area (Å²) in [6.07, 6.45) is -4.94. The standard InChI is InChI=1S/C13H17F4N/c1-3-18-12(8-13(15,16)17)7-10-6-11(14)5-4-9(10)2/h4-6,12,18H,3,7-8H2,1-2H3. The van der Waals surface area contributed by atoms with Crippen molar-refractivity contribution in [3.8, 4) is 0 Å². The molecular weight excluding hydrogens is 246 g/mol. The highest BCUT2D eigenvalue weighted by Gasteiger charge is 2.31. The van der Waals surface area contributed by atoms with Crippen molar-refractivity contribution >= 4 is 0 Å². The minimum atomic E-state index is -4.21. The van der Waals surface area contributed by atoms with E-state index in [-0.39, 0.29) is 6.42 Å². The minimum absolute atomic E-state index is 0.178. The van der Waals surface area contributed by atoms with Gasteiger partial charge in [-0.3, -0.25) is 0 Å². The predicted octanol–water partition coefficient (Wildman–Crippen LogP) is 3.61. The fourth-order valence-electron chi connectivity index (χ4n) is 1.91. The van der Waals surface area contributed by atoms with Crippen LogP contribution in [0.3, 0.4) is 0 Å². The summed E-state index contributed by atoms with van der Waals surface area (Å²) in [5, 5.41) is 2.79. The van der Waals surface area contributed by atoms with Gasteiger partial charge in [-0.15, -0.1) is 0 Å². The van der Waals surface area contributed by atoms with Gasteiger partial charge in [0.2, 0.25) is 0 Å². The second-order valence-corrected chi connectivity index (χ2v) is 4.35. The highest BCUT2D eigenvalue weighted by atomic mass is 19.4. The maximum absolute atomic E-state index is 13.1. The van der Waals surface area contributed by atoms with Crippen molar-refractivity contribution in [3.63, 3.8) is 0 Å². The molecular formula is C13H17F4N. The molecule has 1 rings (SSSR count). The Bertz CT molecular complexity index is 387. The van der Waals surface area contributed by atoms with Gasteiger partial charge in [0.15, 0.2) is 0 Å². The first kappa shape index (κ1) is 15.0. The van der Waals surface area contributed by atoms with E-state index >= 15 is 0 Å². The van der Waals surface area contributed by atoms with Gasteiger partial charge in [0.25, 0.3) is 0 Å². The van der Waals surface area contributed by atoms with E-state index < -0.39 is 24.5 Å². The first-order valence-electron chi connectivity index (χ1n) is 5.87. The number of benzene rings is 1. The zero-order chi connectivity index (χ0) is 13.8. The molecule has 0 saturated heterocycles. The Balaban J connectivity index is 2.79. The van der Waals surface area contributed by atoms with Crippen LogP contribution in [0.1, 0.15) is 24.5 Å². The molecule has 1 N–H and O–H groups in total. The van der Waals surface area contributed by atoms with Crippen LogP contribution in [0, 0.1) is 12.7 Å². The lowest BCUT2D eigenvalue weighted by Gasteiger charge is -2.20.